The Hall–Kier alpha value is -1.38. The first-order valence-electron chi connectivity index (χ1n) is 4.56. The molecule has 0 spiro atoms. The van der Waals surface area contributed by atoms with Crippen LogP contribution < -0.4 is 22.5 Å². The highest BCUT2D eigenvalue weighted by Gasteiger charge is 2.05. The van der Waals surface area contributed by atoms with Gasteiger partial charge in [-0.25, -0.2) is 11.4 Å². The molecule has 0 atom stereocenters. The highest BCUT2D eigenvalue weighted by atomic mass is 16.2. The van der Waals surface area contributed by atoms with Crippen LogP contribution in [0.2, 0.25) is 0 Å². The summed E-state index contributed by atoms with van der Waals surface area (Å²) in [4.78, 5) is 10.2. The van der Waals surface area contributed by atoms with E-state index in [1.807, 2.05) is 14.0 Å². The molecule has 1 aliphatic heterocycles. The van der Waals surface area contributed by atoms with Gasteiger partial charge in [0, 0.05) is 20.5 Å². The summed E-state index contributed by atoms with van der Waals surface area (Å²) in [5.74, 6) is 5.76. The number of amidine groups is 1. The van der Waals surface area contributed by atoms with Crippen molar-refractivity contribution in [1.82, 2.24) is 21.1 Å². The van der Waals surface area contributed by atoms with Crippen molar-refractivity contribution in [3.63, 3.8) is 0 Å². The molecule has 1 heterocycles. The SMILES string of the molecule is CCN(N)C(C)=O.CN1NN=C(CN)N1. The summed E-state index contributed by atoms with van der Waals surface area (Å²) >= 11 is 0. The van der Waals surface area contributed by atoms with Crippen LogP contribution in [-0.4, -0.2) is 42.0 Å². The number of nitrogens with zero attached hydrogens (tertiary/aromatic N) is 3. The van der Waals surface area contributed by atoms with Crippen LogP contribution >= 0.6 is 0 Å². The lowest BCUT2D eigenvalue weighted by molar-refractivity contribution is -0.128. The summed E-state index contributed by atoms with van der Waals surface area (Å²) < 4.78 is 0. The molecule has 0 unspecified atom stereocenters. The van der Waals surface area contributed by atoms with Crippen molar-refractivity contribution in [2.45, 2.75) is 13.8 Å². The molecule has 1 aliphatic rings. The van der Waals surface area contributed by atoms with Gasteiger partial charge in [0.15, 0.2) is 5.84 Å². The molecule has 15 heavy (non-hydrogen) atoms. The highest BCUT2D eigenvalue weighted by Crippen LogP contribution is 1.78. The van der Waals surface area contributed by atoms with Gasteiger partial charge in [0.25, 0.3) is 0 Å². The van der Waals surface area contributed by atoms with Gasteiger partial charge in [-0.2, -0.15) is 0 Å². The molecule has 0 aromatic heterocycles. The second-order valence-electron chi connectivity index (χ2n) is 2.84. The Balaban J connectivity index is 0.000000265. The molecular weight excluding hydrogens is 198 g/mol. The van der Waals surface area contributed by atoms with E-state index in [1.54, 1.807) is 5.12 Å². The van der Waals surface area contributed by atoms with Crippen LogP contribution in [0.4, 0.5) is 0 Å². The van der Waals surface area contributed by atoms with Crippen LogP contribution in [0.15, 0.2) is 5.10 Å². The zero-order valence-corrected chi connectivity index (χ0v) is 9.32. The number of hydrogen-bond donors (Lipinski definition) is 4. The molecule has 0 saturated heterocycles. The van der Waals surface area contributed by atoms with Crippen LogP contribution in [0.25, 0.3) is 0 Å². The predicted molar refractivity (Wildman–Crippen MR) is 57.8 cm³/mol. The number of hydrogen-bond acceptors (Lipinski definition) is 7. The lowest BCUT2D eigenvalue weighted by Crippen LogP contribution is -2.39. The lowest BCUT2D eigenvalue weighted by Gasteiger charge is -2.08. The van der Waals surface area contributed by atoms with Crippen LogP contribution in [0.3, 0.4) is 0 Å². The Kier molecular flexibility index (Phi) is 6.34. The highest BCUT2D eigenvalue weighted by molar-refractivity contribution is 5.83. The molecule has 8 heteroatoms. The van der Waals surface area contributed by atoms with Crippen LogP contribution in [0.1, 0.15) is 13.8 Å². The first-order chi connectivity index (χ1) is 7.01. The maximum atomic E-state index is 10.2. The van der Waals surface area contributed by atoms with Crippen molar-refractivity contribution in [2.24, 2.45) is 16.7 Å². The summed E-state index contributed by atoms with van der Waals surface area (Å²) in [6, 6.07) is 0. The largest absolute Gasteiger partial charge is 0.324 e. The summed E-state index contributed by atoms with van der Waals surface area (Å²) in [7, 11) is 1.81. The third kappa shape index (κ3) is 5.83. The number of amides is 1. The van der Waals surface area contributed by atoms with Gasteiger partial charge in [0.1, 0.15) is 0 Å². The minimum atomic E-state index is -0.0949. The molecule has 6 N–H and O–H groups in total. The molecule has 1 rings (SSSR count). The molecular formula is C7H19N7O. The van der Waals surface area contributed by atoms with Gasteiger partial charge >= 0.3 is 0 Å². The number of hydrazone groups is 1. The quantitative estimate of drug-likeness (QED) is 0.240. The zero-order valence-electron chi connectivity index (χ0n) is 9.32. The van der Waals surface area contributed by atoms with Crippen molar-refractivity contribution in [3.8, 4) is 0 Å². The predicted octanol–water partition coefficient (Wildman–Crippen LogP) is -2.06. The molecule has 0 fully saturated rings. The van der Waals surface area contributed by atoms with E-state index in [1.165, 1.54) is 6.92 Å². The fourth-order valence-corrected chi connectivity index (χ4v) is 0.693. The minimum absolute atomic E-state index is 0.0949. The standard InChI is InChI=1S/C4H10N2O.C3H9N5/c1-3-6(5)4(2)7;1-8-6-3(2-4)5-7-8/h3,5H2,1-2H3;7H,2,4H2,1H3,(H,5,6). The zero-order chi connectivity index (χ0) is 11.8. The second-order valence-corrected chi connectivity index (χ2v) is 2.84. The molecule has 0 bridgehead atoms. The van der Waals surface area contributed by atoms with Gasteiger partial charge in [-0.15, -0.1) is 10.2 Å². The van der Waals surface area contributed by atoms with Crippen LogP contribution in [0.5, 0.6) is 0 Å². The van der Waals surface area contributed by atoms with E-state index in [0.29, 0.717) is 13.1 Å². The van der Waals surface area contributed by atoms with E-state index >= 15 is 0 Å². The van der Waals surface area contributed by atoms with Gasteiger partial charge < -0.3 is 5.73 Å². The Labute approximate surface area is 89.2 Å². The molecule has 0 radical (unpaired) electrons. The Morgan fingerprint density at radius 1 is 1.67 bits per heavy atom. The van der Waals surface area contributed by atoms with Crippen molar-refractivity contribution in [2.75, 3.05) is 20.1 Å². The minimum Gasteiger partial charge on any atom is -0.324 e. The van der Waals surface area contributed by atoms with E-state index in [9.17, 15) is 4.79 Å². The Bertz CT molecular complexity index is 229. The number of nitrogens with two attached hydrogens (primary N) is 2. The van der Waals surface area contributed by atoms with Crippen molar-refractivity contribution < 1.29 is 4.79 Å². The maximum Gasteiger partial charge on any atom is 0.233 e. The van der Waals surface area contributed by atoms with E-state index in [2.05, 4.69) is 16.1 Å². The fraction of sp³-hybridized carbons (Fsp3) is 0.714. The third-order valence-corrected chi connectivity index (χ3v) is 1.57. The van der Waals surface area contributed by atoms with E-state index in [-0.39, 0.29) is 5.91 Å². The molecule has 8 nitrogen and oxygen atoms in total. The number of carbonyl (C=O) groups excluding carboxylic acids is 1. The molecule has 1 amide bonds. The first-order valence-corrected chi connectivity index (χ1v) is 4.56. The second kappa shape index (κ2) is 6.98. The van der Waals surface area contributed by atoms with Crippen LogP contribution in [0, 0.1) is 0 Å². The fourth-order valence-electron chi connectivity index (χ4n) is 0.693. The number of hydrazine groups is 3. The summed E-state index contributed by atoms with van der Waals surface area (Å²) in [6.07, 6.45) is 0. The summed E-state index contributed by atoms with van der Waals surface area (Å²) in [6.45, 7) is 4.28. The summed E-state index contributed by atoms with van der Waals surface area (Å²) in [5.41, 5.74) is 10.7. The van der Waals surface area contributed by atoms with Crippen molar-refractivity contribution in [1.29, 1.82) is 0 Å². The monoisotopic (exact) mass is 217 g/mol. The normalized spacial score (nSPS) is 14.3. The third-order valence-electron chi connectivity index (χ3n) is 1.57. The van der Waals surface area contributed by atoms with Crippen LogP contribution in [-0.2, 0) is 4.79 Å². The molecule has 0 aromatic rings. The number of rotatable bonds is 2. The van der Waals surface area contributed by atoms with Gasteiger partial charge in [0.2, 0.25) is 5.91 Å². The van der Waals surface area contributed by atoms with Crippen molar-refractivity contribution in [3.05, 3.63) is 0 Å². The van der Waals surface area contributed by atoms with E-state index in [4.69, 9.17) is 11.6 Å². The number of nitrogens with one attached hydrogen (secondary N) is 2. The molecule has 88 valence electrons. The Morgan fingerprint density at radius 2 is 2.27 bits per heavy atom. The molecule has 0 aromatic carbocycles. The summed E-state index contributed by atoms with van der Waals surface area (Å²) in [5, 5.41) is 6.57. The molecule has 0 saturated carbocycles. The van der Waals surface area contributed by atoms with Gasteiger partial charge in [-0.3, -0.25) is 15.2 Å². The molecule has 0 aliphatic carbocycles. The average molecular weight is 217 g/mol. The smallest absolute Gasteiger partial charge is 0.233 e. The van der Waals surface area contributed by atoms with Gasteiger partial charge in [-0.05, 0) is 6.92 Å². The van der Waals surface area contributed by atoms with E-state index < -0.39 is 0 Å². The topological polar surface area (TPSA) is 112 Å². The number of carbonyl (C=O) groups is 1. The maximum absolute atomic E-state index is 10.2. The average Bonchev–Trinajstić information content (AvgIpc) is 2.63. The van der Waals surface area contributed by atoms with Gasteiger partial charge in [0.05, 0.1) is 6.54 Å². The van der Waals surface area contributed by atoms with Crippen molar-refractivity contribution >= 4 is 11.7 Å². The Morgan fingerprint density at radius 3 is 2.40 bits per heavy atom. The lowest BCUT2D eigenvalue weighted by atomic mass is 10.6. The first kappa shape index (κ1) is 13.6. The van der Waals surface area contributed by atoms with E-state index in [0.717, 1.165) is 10.8 Å². The van der Waals surface area contributed by atoms with Gasteiger partial charge in [-0.1, -0.05) is 0 Å².